The molecule has 0 aliphatic heterocycles. The standard InChI is InChI=1S/C26H18N4O6/c31-25-11-9-23(29(33)34)13-19(25)15-27-21-5-1-17(2-6-21)18-3-7-22(8-4-18)28-16-20-14-24(30(35)36)10-12-26(20)32/h1-16,31-32H. The van der Waals surface area contributed by atoms with Crippen LogP contribution in [0.2, 0.25) is 0 Å². The van der Waals surface area contributed by atoms with Gasteiger partial charge in [0.15, 0.2) is 0 Å². The minimum Gasteiger partial charge on any atom is -0.507 e. The Morgan fingerprint density at radius 1 is 0.583 bits per heavy atom. The molecule has 0 unspecified atom stereocenters. The molecule has 4 aromatic rings. The third-order valence-electron chi connectivity index (χ3n) is 5.22. The molecule has 4 rings (SSSR count). The third-order valence-corrected chi connectivity index (χ3v) is 5.22. The second-order valence-corrected chi connectivity index (χ2v) is 7.61. The molecule has 0 bridgehead atoms. The summed E-state index contributed by atoms with van der Waals surface area (Å²) in [5.41, 5.74) is 3.23. The zero-order valence-corrected chi connectivity index (χ0v) is 18.6. The van der Waals surface area contributed by atoms with E-state index in [0.29, 0.717) is 11.4 Å². The predicted molar refractivity (Wildman–Crippen MR) is 136 cm³/mol. The highest BCUT2D eigenvalue weighted by Gasteiger charge is 2.10. The van der Waals surface area contributed by atoms with Crippen molar-refractivity contribution in [1.29, 1.82) is 0 Å². The topological polar surface area (TPSA) is 151 Å². The average molecular weight is 482 g/mol. The molecule has 10 nitrogen and oxygen atoms in total. The van der Waals surface area contributed by atoms with Gasteiger partial charge in [-0.05, 0) is 47.5 Å². The van der Waals surface area contributed by atoms with Crippen LogP contribution in [0.4, 0.5) is 22.7 Å². The highest BCUT2D eigenvalue weighted by atomic mass is 16.6. The van der Waals surface area contributed by atoms with Crippen molar-refractivity contribution in [3.63, 3.8) is 0 Å². The van der Waals surface area contributed by atoms with Crippen LogP contribution in [0.25, 0.3) is 11.1 Å². The lowest BCUT2D eigenvalue weighted by Gasteiger charge is -2.04. The molecule has 178 valence electrons. The summed E-state index contributed by atoms with van der Waals surface area (Å²) in [6, 6.07) is 22.0. The van der Waals surface area contributed by atoms with Crippen molar-refractivity contribution in [2.45, 2.75) is 0 Å². The highest BCUT2D eigenvalue weighted by molar-refractivity contribution is 5.87. The SMILES string of the molecule is O=[N+]([O-])c1ccc(O)c(C=Nc2ccc(-c3ccc(N=Cc4cc([N+](=O)[O-])ccc4O)cc3)cc2)c1. The molecular weight excluding hydrogens is 464 g/mol. The largest absolute Gasteiger partial charge is 0.507 e. The summed E-state index contributed by atoms with van der Waals surface area (Å²) in [6.45, 7) is 0. The molecule has 0 spiro atoms. The molecule has 0 amide bonds. The molecule has 0 heterocycles. The molecule has 0 saturated carbocycles. The van der Waals surface area contributed by atoms with E-state index in [1.807, 2.05) is 24.3 Å². The quantitative estimate of drug-likeness (QED) is 0.185. The fraction of sp³-hybridized carbons (Fsp3) is 0. The number of nitro benzene ring substituents is 2. The number of non-ortho nitro benzene ring substituents is 2. The predicted octanol–water partition coefficient (Wildman–Crippen LogP) is 6.08. The number of aromatic hydroxyl groups is 2. The Kier molecular flexibility index (Phi) is 6.78. The summed E-state index contributed by atoms with van der Waals surface area (Å²) >= 11 is 0. The molecular formula is C26H18N4O6. The Bertz CT molecular complexity index is 1380. The summed E-state index contributed by atoms with van der Waals surface area (Å²) in [7, 11) is 0. The van der Waals surface area contributed by atoms with Gasteiger partial charge in [0.05, 0.1) is 21.2 Å². The van der Waals surface area contributed by atoms with Crippen LogP contribution < -0.4 is 0 Å². The van der Waals surface area contributed by atoms with Crippen molar-refractivity contribution in [3.05, 3.63) is 116 Å². The maximum Gasteiger partial charge on any atom is 0.270 e. The molecule has 0 aliphatic carbocycles. The average Bonchev–Trinajstić information content (AvgIpc) is 2.88. The fourth-order valence-corrected chi connectivity index (χ4v) is 3.29. The first-order chi connectivity index (χ1) is 17.3. The smallest absolute Gasteiger partial charge is 0.270 e. The van der Waals surface area contributed by atoms with Gasteiger partial charge in [0.1, 0.15) is 11.5 Å². The van der Waals surface area contributed by atoms with Gasteiger partial charge in [-0.15, -0.1) is 0 Å². The first-order valence-corrected chi connectivity index (χ1v) is 10.5. The van der Waals surface area contributed by atoms with Gasteiger partial charge in [-0.1, -0.05) is 24.3 Å². The molecule has 0 saturated heterocycles. The number of nitrogens with zero attached hydrogens (tertiary/aromatic N) is 4. The molecule has 36 heavy (non-hydrogen) atoms. The van der Waals surface area contributed by atoms with Crippen LogP contribution >= 0.6 is 0 Å². The fourth-order valence-electron chi connectivity index (χ4n) is 3.29. The Balaban J connectivity index is 1.46. The van der Waals surface area contributed by atoms with Crippen LogP contribution in [0.15, 0.2) is 94.9 Å². The highest BCUT2D eigenvalue weighted by Crippen LogP contribution is 2.27. The maximum atomic E-state index is 10.9. The third kappa shape index (κ3) is 5.57. The van der Waals surface area contributed by atoms with E-state index >= 15 is 0 Å². The van der Waals surface area contributed by atoms with Gasteiger partial charge in [0.2, 0.25) is 0 Å². The zero-order chi connectivity index (χ0) is 25.7. The molecule has 0 atom stereocenters. The lowest BCUT2D eigenvalue weighted by Crippen LogP contribution is -1.90. The van der Waals surface area contributed by atoms with E-state index in [2.05, 4.69) is 9.98 Å². The van der Waals surface area contributed by atoms with Crippen LogP contribution in [0.3, 0.4) is 0 Å². The molecule has 0 aliphatic rings. The van der Waals surface area contributed by atoms with Crippen molar-refractivity contribution in [2.75, 3.05) is 0 Å². The number of hydrogen-bond donors (Lipinski definition) is 2. The summed E-state index contributed by atoms with van der Waals surface area (Å²) in [4.78, 5) is 29.3. The lowest BCUT2D eigenvalue weighted by molar-refractivity contribution is -0.385. The van der Waals surface area contributed by atoms with Crippen LogP contribution in [-0.2, 0) is 0 Å². The van der Waals surface area contributed by atoms with Crippen molar-refractivity contribution in [2.24, 2.45) is 9.98 Å². The minimum absolute atomic E-state index is 0.107. The summed E-state index contributed by atoms with van der Waals surface area (Å²) in [5, 5.41) is 41.6. The number of nitro groups is 2. The summed E-state index contributed by atoms with van der Waals surface area (Å²) < 4.78 is 0. The second kappa shape index (κ2) is 10.3. The zero-order valence-electron chi connectivity index (χ0n) is 18.6. The van der Waals surface area contributed by atoms with Crippen LogP contribution in [-0.4, -0.2) is 32.5 Å². The van der Waals surface area contributed by atoms with Crippen LogP contribution in [0.1, 0.15) is 11.1 Å². The van der Waals surface area contributed by atoms with E-state index in [1.54, 1.807) is 24.3 Å². The number of benzene rings is 4. The summed E-state index contributed by atoms with van der Waals surface area (Å²) in [6.07, 6.45) is 2.73. The first kappa shape index (κ1) is 23.8. The second-order valence-electron chi connectivity index (χ2n) is 7.61. The molecule has 0 radical (unpaired) electrons. The number of phenols is 2. The molecule has 0 fully saturated rings. The lowest BCUT2D eigenvalue weighted by atomic mass is 10.1. The van der Waals surface area contributed by atoms with Gasteiger partial charge in [-0.25, -0.2) is 0 Å². The van der Waals surface area contributed by atoms with Gasteiger partial charge >= 0.3 is 0 Å². The Morgan fingerprint density at radius 3 is 1.28 bits per heavy atom. The van der Waals surface area contributed by atoms with Crippen molar-refractivity contribution < 1.29 is 20.1 Å². The van der Waals surface area contributed by atoms with E-state index < -0.39 is 9.85 Å². The minimum atomic E-state index is -0.542. The van der Waals surface area contributed by atoms with E-state index in [-0.39, 0.29) is 34.0 Å². The van der Waals surface area contributed by atoms with Gasteiger partial charge in [-0.3, -0.25) is 30.2 Å². The van der Waals surface area contributed by atoms with Gasteiger partial charge in [0.25, 0.3) is 11.4 Å². The normalized spacial score (nSPS) is 11.2. The number of aliphatic imine (C=N–C) groups is 2. The van der Waals surface area contributed by atoms with Crippen LogP contribution in [0, 0.1) is 20.2 Å². The Morgan fingerprint density at radius 2 is 0.944 bits per heavy atom. The first-order valence-electron chi connectivity index (χ1n) is 10.5. The Hall–Kier alpha value is -5.38. The van der Waals surface area contributed by atoms with Gasteiger partial charge in [0, 0.05) is 47.8 Å². The molecule has 10 heteroatoms. The Labute approximate surface area is 204 Å². The maximum absolute atomic E-state index is 10.9. The van der Waals surface area contributed by atoms with Gasteiger partial charge in [-0.2, -0.15) is 0 Å². The number of rotatable bonds is 7. The monoisotopic (exact) mass is 482 g/mol. The summed E-state index contributed by atoms with van der Waals surface area (Å²) in [5.74, 6) is -0.214. The van der Waals surface area contributed by atoms with Crippen molar-refractivity contribution in [1.82, 2.24) is 0 Å². The molecule has 4 aromatic carbocycles. The van der Waals surface area contributed by atoms with E-state index in [0.717, 1.165) is 11.1 Å². The van der Waals surface area contributed by atoms with E-state index in [9.17, 15) is 30.4 Å². The molecule has 2 N–H and O–H groups in total. The van der Waals surface area contributed by atoms with E-state index in [4.69, 9.17) is 0 Å². The molecule has 0 aromatic heterocycles. The van der Waals surface area contributed by atoms with Crippen molar-refractivity contribution in [3.8, 4) is 22.6 Å². The van der Waals surface area contributed by atoms with Gasteiger partial charge < -0.3 is 10.2 Å². The number of phenolic OH excluding ortho intramolecular Hbond substituents is 2. The van der Waals surface area contributed by atoms with Crippen LogP contribution in [0.5, 0.6) is 11.5 Å². The van der Waals surface area contributed by atoms with Crippen molar-refractivity contribution >= 4 is 35.2 Å². The van der Waals surface area contributed by atoms with E-state index in [1.165, 1.54) is 48.8 Å². The number of hydrogen-bond acceptors (Lipinski definition) is 8.